The molecule has 0 amide bonds. The molecule has 0 aliphatic heterocycles. The Morgan fingerprint density at radius 2 is 1.95 bits per heavy atom. The summed E-state index contributed by atoms with van der Waals surface area (Å²) < 4.78 is 15.9. The van der Waals surface area contributed by atoms with Crippen LogP contribution in [0.25, 0.3) is 0 Å². The Balaban J connectivity index is 2.62. The largest absolute Gasteiger partial charge is 0.308 e. The molecule has 0 fully saturated rings. The Hall–Kier alpha value is -1.10. The highest BCUT2D eigenvalue weighted by molar-refractivity contribution is 6.32. The van der Waals surface area contributed by atoms with Crippen LogP contribution in [-0.4, -0.2) is 16.8 Å². The molecule has 1 aromatic carbocycles. The fraction of sp³-hybridized carbons (Fsp3) is 0.357. The zero-order chi connectivity index (χ0) is 14.9. The van der Waals surface area contributed by atoms with Crippen molar-refractivity contribution >= 4 is 23.2 Å². The third-order valence-corrected chi connectivity index (χ3v) is 3.75. The molecule has 0 bridgehead atoms. The predicted molar refractivity (Wildman–Crippen MR) is 79.9 cm³/mol. The lowest BCUT2D eigenvalue weighted by Crippen LogP contribution is -2.24. The molecule has 6 heteroatoms. The molecule has 1 aromatic heterocycles. The van der Waals surface area contributed by atoms with Gasteiger partial charge in [-0.05, 0) is 33.0 Å². The standard InChI is InChI=1S/C14H16Cl2FN3/c1-8(2)20-14(10(16)7-19-20)13(18-3)12-9(15)5-4-6-11(12)17/h4-8,13,18H,1-3H3. The van der Waals surface area contributed by atoms with E-state index in [0.29, 0.717) is 21.3 Å². The Kier molecular flexibility index (Phi) is 4.68. The lowest BCUT2D eigenvalue weighted by Gasteiger charge is -2.22. The second kappa shape index (κ2) is 6.12. The fourth-order valence-electron chi connectivity index (χ4n) is 2.24. The summed E-state index contributed by atoms with van der Waals surface area (Å²) in [6.45, 7) is 3.98. The van der Waals surface area contributed by atoms with Crippen LogP contribution >= 0.6 is 23.2 Å². The second-order valence-corrected chi connectivity index (χ2v) is 5.59. The van der Waals surface area contributed by atoms with Crippen LogP contribution in [0.5, 0.6) is 0 Å². The summed E-state index contributed by atoms with van der Waals surface area (Å²) in [6, 6.07) is 4.28. The van der Waals surface area contributed by atoms with Gasteiger partial charge in [-0.1, -0.05) is 29.3 Å². The van der Waals surface area contributed by atoms with Crippen LogP contribution in [0.1, 0.15) is 37.2 Å². The first-order chi connectivity index (χ1) is 9.47. The first-order valence-corrected chi connectivity index (χ1v) is 7.07. The fourth-order valence-corrected chi connectivity index (χ4v) is 2.75. The van der Waals surface area contributed by atoms with Crippen LogP contribution < -0.4 is 5.32 Å². The molecule has 0 saturated heterocycles. The van der Waals surface area contributed by atoms with Crippen LogP contribution in [0.3, 0.4) is 0 Å². The van der Waals surface area contributed by atoms with Gasteiger partial charge < -0.3 is 5.32 Å². The normalized spacial score (nSPS) is 12.9. The predicted octanol–water partition coefficient (Wildman–Crippen LogP) is 4.22. The van der Waals surface area contributed by atoms with Crippen molar-refractivity contribution in [2.24, 2.45) is 0 Å². The average molecular weight is 316 g/mol. The first kappa shape index (κ1) is 15.3. The molecule has 1 atom stereocenters. The number of aromatic nitrogens is 2. The number of benzene rings is 1. The molecule has 0 aliphatic rings. The van der Waals surface area contributed by atoms with Crippen molar-refractivity contribution in [1.29, 1.82) is 0 Å². The van der Waals surface area contributed by atoms with E-state index >= 15 is 0 Å². The van der Waals surface area contributed by atoms with E-state index in [9.17, 15) is 4.39 Å². The molecule has 2 rings (SSSR count). The minimum Gasteiger partial charge on any atom is -0.308 e. The first-order valence-electron chi connectivity index (χ1n) is 6.31. The van der Waals surface area contributed by atoms with E-state index in [4.69, 9.17) is 23.2 Å². The van der Waals surface area contributed by atoms with Gasteiger partial charge in [0.2, 0.25) is 0 Å². The Labute approximate surface area is 127 Å². The van der Waals surface area contributed by atoms with Gasteiger partial charge in [0.25, 0.3) is 0 Å². The summed E-state index contributed by atoms with van der Waals surface area (Å²) in [5, 5.41) is 8.16. The lowest BCUT2D eigenvalue weighted by atomic mass is 10.0. The highest BCUT2D eigenvalue weighted by Crippen LogP contribution is 2.34. The molecule has 3 nitrogen and oxygen atoms in total. The van der Waals surface area contributed by atoms with Gasteiger partial charge in [0, 0.05) is 16.6 Å². The Bertz CT molecular complexity index is 590. The highest BCUT2D eigenvalue weighted by Gasteiger charge is 2.26. The number of halogens is 3. The van der Waals surface area contributed by atoms with Gasteiger partial charge in [0.1, 0.15) is 5.82 Å². The van der Waals surface area contributed by atoms with E-state index in [-0.39, 0.29) is 11.9 Å². The molecule has 1 heterocycles. The van der Waals surface area contributed by atoms with Crippen LogP contribution in [0.4, 0.5) is 4.39 Å². The molecule has 108 valence electrons. The van der Waals surface area contributed by atoms with Crippen molar-refractivity contribution in [1.82, 2.24) is 15.1 Å². The van der Waals surface area contributed by atoms with Gasteiger partial charge in [-0.15, -0.1) is 0 Å². The SMILES string of the molecule is CNC(c1c(F)cccc1Cl)c1c(Cl)cnn1C(C)C. The van der Waals surface area contributed by atoms with Gasteiger partial charge in [0.05, 0.1) is 23.0 Å². The summed E-state index contributed by atoms with van der Waals surface area (Å²) in [6.07, 6.45) is 1.57. The van der Waals surface area contributed by atoms with Crippen molar-refractivity contribution < 1.29 is 4.39 Å². The van der Waals surface area contributed by atoms with Crippen LogP contribution in [0.2, 0.25) is 10.0 Å². The number of hydrogen-bond donors (Lipinski definition) is 1. The van der Waals surface area contributed by atoms with Gasteiger partial charge in [-0.3, -0.25) is 4.68 Å². The Morgan fingerprint density at radius 1 is 1.25 bits per heavy atom. The minimum atomic E-state index is -0.457. The lowest BCUT2D eigenvalue weighted by molar-refractivity contribution is 0.476. The summed E-state index contributed by atoms with van der Waals surface area (Å²) in [7, 11) is 1.74. The molecule has 0 radical (unpaired) electrons. The van der Waals surface area contributed by atoms with Gasteiger partial charge in [0.15, 0.2) is 0 Å². The van der Waals surface area contributed by atoms with Crippen molar-refractivity contribution in [3.63, 3.8) is 0 Å². The van der Waals surface area contributed by atoms with E-state index in [1.165, 1.54) is 6.07 Å². The van der Waals surface area contributed by atoms with Gasteiger partial charge in [-0.2, -0.15) is 5.10 Å². The van der Waals surface area contributed by atoms with Crippen LogP contribution in [-0.2, 0) is 0 Å². The zero-order valence-corrected chi connectivity index (χ0v) is 13.0. The van der Waals surface area contributed by atoms with Gasteiger partial charge >= 0.3 is 0 Å². The van der Waals surface area contributed by atoms with Crippen LogP contribution in [0.15, 0.2) is 24.4 Å². The maximum absolute atomic E-state index is 14.1. The van der Waals surface area contributed by atoms with E-state index in [0.717, 1.165) is 0 Å². The quantitative estimate of drug-likeness (QED) is 0.915. The van der Waals surface area contributed by atoms with Crippen molar-refractivity contribution in [3.8, 4) is 0 Å². The Morgan fingerprint density at radius 3 is 2.50 bits per heavy atom. The molecule has 2 aromatic rings. The van der Waals surface area contributed by atoms with E-state index in [1.54, 1.807) is 30.1 Å². The number of nitrogens with one attached hydrogen (secondary N) is 1. The van der Waals surface area contributed by atoms with Gasteiger partial charge in [-0.25, -0.2) is 4.39 Å². The van der Waals surface area contributed by atoms with Crippen molar-refractivity contribution in [2.45, 2.75) is 25.9 Å². The summed E-state index contributed by atoms with van der Waals surface area (Å²) in [4.78, 5) is 0. The third-order valence-electron chi connectivity index (χ3n) is 3.13. The zero-order valence-electron chi connectivity index (χ0n) is 11.5. The maximum Gasteiger partial charge on any atom is 0.129 e. The summed E-state index contributed by atoms with van der Waals surface area (Å²) in [5.74, 6) is -0.371. The highest BCUT2D eigenvalue weighted by atomic mass is 35.5. The van der Waals surface area contributed by atoms with Crippen molar-refractivity contribution in [2.75, 3.05) is 7.05 Å². The van der Waals surface area contributed by atoms with Crippen molar-refractivity contribution in [3.05, 3.63) is 51.5 Å². The molecular formula is C14H16Cl2FN3. The summed E-state index contributed by atoms with van der Waals surface area (Å²) >= 11 is 12.4. The van der Waals surface area contributed by atoms with E-state index < -0.39 is 6.04 Å². The smallest absolute Gasteiger partial charge is 0.129 e. The molecule has 0 saturated carbocycles. The average Bonchev–Trinajstić information content (AvgIpc) is 2.76. The molecule has 20 heavy (non-hydrogen) atoms. The molecule has 0 aliphatic carbocycles. The number of hydrogen-bond acceptors (Lipinski definition) is 2. The molecule has 0 spiro atoms. The molecule has 1 N–H and O–H groups in total. The van der Waals surface area contributed by atoms with E-state index in [2.05, 4.69) is 10.4 Å². The minimum absolute atomic E-state index is 0.110. The topological polar surface area (TPSA) is 29.9 Å². The number of rotatable bonds is 4. The second-order valence-electron chi connectivity index (χ2n) is 4.77. The maximum atomic E-state index is 14.1. The van der Waals surface area contributed by atoms with Crippen LogP contribution in [0, 0.1) is 5.82 Å². The number of nitrogens with zero attached hydrogens (tertiary/aromatic N) is 2. The van der Waals surface area contributed by atoms with E-state index in [1.807, 2.05) is 13.8 Å². The molecule has 1 unspecified atom stereocenters. The third kappa shape index (κ3) is 2.68. The monoisotopic (exact) mass is 315 g/mol. The molecular weight excluding hydrogens is 300 g/mol. The summed E-state index contributed by atoms with van der Waals surface area (Å²) in [5.41, 5.74) is 1.08.